The van der Waals surface area contributed by atoms with Crippen LogP contribution in [0.2, 0.25) is 0 Å². The third-order valence-electron chi connectivity index (χ3n) is 2.50. The van der Waals surface area contributed by atoms with E-state index in [1.165, 1.54) is 6.07 Å². The molecule has 90 valence electrons. The van der Waals surface area contributed by atoms with Crippen LogP contribution in [0.5, 0.6) is 11.8 Å². The van der Waals surface area contributed by atoms with Crippen molar-refractivity contribution in [1.29, 1.82) is 0 Å². The molecule has 2 rings (SSSR count). The number of hydrogen-bond acceptors (Lipinski definition) is 3. The molecule has 2 aromatic rings. The summed E-state index contributed by atoms with van der Waals surface area (Å²) in [6, 6.07) is 5.07. The van der Waals surface area contributed by atoms with Crippen molar-refractivity contribution in [3.8, 4) is 11.8 Å². The van der Waals surface area contributed by atoms with Crippen LogP contribution in [0.1, 0.15) is 12.5 Å². The summed E-state index contributed by atoms with van der Waals surface area (Å²) in [6.07, 6.45) is 3.44. The zero-order valence-corrected chi connectivity index (χ0v) is 9.56. The average Bonchev–Trinajstić information content (AvgIpc) is 2.77. The van der Waals surface area contributed by atoms with Gasteiger partial charge in [0, 0.05) is 31.0 Å². The molecule has 0 atom stereocenters. The van der Waals surface area contributed by atoms with E-state index in [-0.39, 0.29) is 12.4 Å². The minimum Gasteiger partial charge on any atom is -0.425 e. The highest BCUT2D eigenvalue weighted by molar-refractivity contribution is 5.36. The molecule has 0 amide bonds. The van der Waals surface area contributed by atoms with Crippen molar-refractivity contribution in [3.63, 3.8) is 0 Å². The van der Waals surface area contributed by atoms with Gasteiger partial charge >= 0.3 is 6.01 Å². The summed E-state index contributed by atoms with van der Waals surface area (Å²) in [5.74, 6) is 0.0491. The molecule has 0 aliphatic rings. The lowest BCUT2D eigenvalue weighted by Crippen LogP contribution is -2.04. The molecule has 0 saturated heterocycles. The lowest BCUT2D eigenvalue weighted by atomic mass is 10.2. The molecule has 0 aliphatic heterocycles. The maximum Gasteiger partial charge on any atom is 0.301 e. The lowest BCUT2D eigenvalue weighted by molar-refractivity contribution is 0.406. The quantitative estimate of drug-likeness (QED) is 0.884. The fourth-order valence-electron chi connectivity index (χ4n) is 1.57. The summed E-state index contributed by atoms with van der Waals surface area (Å²) in [7, 11) is 0. The SMILES string of the molecule is CCn1ccnc1Oc1cccc(F)c1CN. The van der Waals surface area contributed by atoms with Crippen LogP contribution in [0.25, 0.3) is 0 Å². The Balaban J connectivity index is 2.33. The zero-order chi connectivity index (χ0) is 12.3. The molecule has 0 spiro atoms. The van der Waals surface area contributed by atoms with E-state index in [2.05, 4.69) is 4.98 Å². The Kier molecular flexibility index (Phi) is 3.39. The number of halogens is 1. The third kappa shape index (κ3) is 2.29. The second-order valence-corrected chi connectivity index (χ2v) is 3.52. The molecule has 1 aromatic carbocycles. The van der Waals surface area contributed by atoms with E-state index in [0.717, 1.165) is 6.54 Å². The normalized spacial score (nSPS) is 10.5. The molecule has 17 heavy (non-hydrogen) atoms. The summed E-state index contributed by atoms with van der Waals surface area (Å²) in [6.45, 7) is 2.81. The first-order valence-corrected chi connectivity index (χ1v) is 5.42. The van der Waals surface area contributed by atoms with Crippen LogP contribution in [-0.4, -0.2) is 9.55 Å². The van der Waals surface area contributed by atoms with Crippen LogP contribution in [0.15, 0.2) is 30.6 Å². The second-order valence-electron chi connectivity index (χ2n) is 3.52. The topological polar surface area (TPSA) is 53.1 Å². The van der Waals surface area contributed by atoms with Gasteiger partial charge in [0.2, 0.25) is 0 Å². The summed E-state index contributed by atoms with van der Waals surface area (Å²) in [5, 5.41) is 0. The smallest absolute Gasteiger partial charge is 0.301 e. The van der Waals surface area contributed by atoms with Crippen molar-refractivity contribution in [2.24, 2.45) is 5.73 Å². The molecule has 2 N–H and O–H groups in total. The third-order valence-corrected chi connectivity index (χ3v) is 2.50. The fraction of sp³-hybridized carbons (Fsp3) is 0.250. The first-order valence-electron chi connectivity index (χ1n) is 5.42. The van der Waals surface area contributed by atoms with Crippen molar-refractivity contribution in [1.82, 2.24) is 9.55 Å². The summed E-state index contributed by atoms with van der Waals surface area (Å²) in [4.78, 5) is 4.06. The largest absolute Gasteiger partial charge is 0.425 e. The Labute approximate surface area is 98.8 Å². The van der Waals surface area contributed by atoms with Crippen LogP contribution in [0.4, 0.5) is 4.39 Å². The van der Waals surface area contributed by atoms with Crippen LogP contribution >= 0.6 is 0 Å². The van der Waals surface area contributed by atoms with Gasteiger partial charge in [0.05, 0.1) is 0 Å². The minimum atomic E-state index is -0.361. The van der Waals surface area contributed by atoms with E-state index in [0.29, 0.717) is 17.3 Å². The van der Waals surface area contributed by atoms with Gasteiger partial charge in [-0.15, -0.1) is 0 Å². The van der Waals surface area contributed by atoms with Crippen LogP contribution in [0.3, 0.4) is 0 Å². The minimum absolute atomic E-state index is 0.0921. The molecule has 1 aromatic heterocycles. The van der Waals surface area contributed by atoms with Crippen LogP contribution in [0, 0.1) is 5.82 Å². The molecular formula is C12H14FN3O. The Morgan fingerprint density at radius 1 is 1.47 bits per heavy atom. The summed E-state index contributed by atoms with van der Waals surface area (Å²) >= 11 is 0. The van der Waals surface area contributed by atoms with Crippen molar-refractivity contribution in [2.75, 3.05) is 0 Å². The lowest BCUT2D eigenvalue weighted by Gasteiger charge is -2.10. The number of rotatable bonds is 4. The molecule has 0 bridgehead atoms. The Hall–Kier alpha value is -1.88. The second kappa shape index (κ2) is 4.97. The molecule has 0 radical (unpaired) electrons. The van der Waals surface area contributed by atoms with Crippen molar-refractivity contribution < 1.29 is 9.13 Å². The Morgan fingerprint density at radius 2 is 2.29 bits per heavy atom. The molecular weight excluding hydrogens is 221 g/mol. The molecule has 0 fully saturated rings. The zero-order valence-electron chi connectivity index (χ0n) is 9.56. The highest BCUT2D eigenvalue weighted by Crippen LogP contribution is 2.25. The molecule has 1 heterocycles. The highest BCUT2D eigenvalue weighted by atomic mass is 19.1. The highest BCUT2D eigenvalue weighted by Gasteiger charge is 2.11. The first kappa shape index (κ1) is 11.6. The molecule has 0 unspecified atom stereocenters. The van der Waals surface area contributed by atoms with Crippen LogP contribution < -0.4 is 10.5 Å². The van der Waals surface area contributed by atoms with Crippen molar-refractivity contribution >= 4 is 0 Å². The van der Waals surface area contributed by atoms with Gasteiger partial charge in [-0.25, -0.2) is 9.37 Å². The van der Waals surface area contributed by atoms with Gasteiger partial charge in [-0.2, -0.15) is 0 Å². The van der Waals surface area contributed by atoms with Crippen LogP contribution in [-0.2, 0) is 13.1 Å². The number of ether oxygens (including phenoxy) is 1. The molecule has 0 aliphatic carbocycles. The predicted octanol–water partition coefficient (Wildman–Crippen LogP) is 2.29. The van der Waals surface area contributed by atoms with E-state index >= 15 is 0 Å². The van der Waals surface area contributed by atoms with E-state index in [4.69, 9.17) is 10.5 Å². The van der Waals surface area contributed by atoms with Gasteiger partial charge in [0.1, 0.15) is 11.6 Å². The summed E-state index contributed by atoms with van der Waals surface area (Å²) in [5.41, 5.74) is 5.86. The number of aryl methyl sites for hydroxylation is 1. The van der Waals surface area contributed by atoms with E-state index in [9.17, 15) is 4.39 Å². The number of nitrogens with zero attached hydrogens (tertiary/aromatic N) is 2. The number of hydrogen-bond donors (Lipinski definition) is 1. The summed E-state index contributed by atoms with van der Waals surface area (Å²) < 4.78 is 20.9. The van der Waals surface area contributed by atoms with Crippen molar-refractivity contribution in [2.45, 2.75) is 20.0 Å². The molecule has 0 saturated carbocycles. The predicted molar refractivity (Wildman–Crippen MR) is 62.3 cm³/mol. The Morgan fingerprint density at radius 3 is 3.00 bits per heavy atom. The van der Waals surface area contributed by atoms with Gasteiger partial charge < -0.3 is 15.0 Å². The fourth-order valence-corrected chi connectivity index (χ4v) is 1.57. The van der Waals surface area contributed by atoms with E-state index < -0.39 is 0 Å². The maximum atomic E-state index is 13.5. The average molecular weight is 235 g/mol. The number of aromatic nitrogens is 2. The standard InChI is InChI=1S/C12H14FN3O/c1-2-16-7-6-15-12(16)17-11-5-3-4-10(13)9(11)8-14/h3-7H,2,8,14H2,1H3. The van der Waals surface area contributed by atoms with Gasteiger partial charge in [0.15, 0.2) is 0 Å². The number of nitrogens with two attached hydrogens (primary N) is 1. The van der Waals surface area contributed by atoms with Crippen molar-refractivity contribution in [3.05, 3.63) is 42.0 Å². The monoisotopic (exact) mass is 235 g/mol. The first-order chi connectivity index (χ1) is 8.26. The Bertz CT molecular complexity index is 510. The molecule has 4 nitrogen and oxygen atoms in total. The van der Waals surface area contributed by atoms with Gasteiger partial charge in [0.25, 0.3) is 0 Å². The van der Waals surface area contributed by atoms with Gasteiger partial charge in [-0.1, -0.05) is 6.07 Å². The number of benzene rings is 1. The van der Waals surface area contributed by atoms with E-state index in [1.54, 1.807) is 24.5 Å². The molecule has 5 heteroatoms. The van der Waals surface area contributed by atoms with Gasteiger partial charge in [-0.3, -0.25) is 0 Å². The van der Waals surface area contributed by atoms with Gasteiger partial charge in [-0.05, 0) is 19.1 Å². The maximum absolute atomic E-state index is 13.5. The number of imidazole rings is 1. The van der Waals surface area contributed by atoms with E-state index in [1.807, 2.05) is 11.5 Å².